The van der Waals surface area contributed by atoms with Crippen LogP contribution >= 0.6 is 0 Å². The van der Waals surface area contributed by atoms with E-state index >= 15 is 0 Å². The highest BCUT2D eigenvalue weighted by Gasteiger charge is 2.12. The van der Waals surface area contributed by atoms with Crippen LogP contribution in [0, 0.1) is 6.92 Å². The number of amidine groups is 1. The quantitative estimate of drug-likeness (QED) is 0.628. The van der Waals surface area contributed by atoms with Crippen molar-refractivity contribution in [1.82, 2.24) is 4.98 Å². The Morgan fingerprint density at radius 2 is 1.79 bits per heavy atom. The summed E-state index contributed by atoms with van der Waals surface area (Å²) < 4.78 is 10.6. The molecule has 19 heavy (non-hydrogen) atoms. The van der Waals surface area contributed by atoms with E-state index in [9.17, 15) is 0 Å². The van der Waals surface area contributed by atoms with Crippen molar-refractivity contribution in [2.24, 2.45) is 5.73 Å². The first kappa shape index (κ1) is 13.1. The second kappa shape index (κ2) is 5.14. The zero-order valence-corrected chi connectivity index (χ0v) is 11.6. The maximum absolute atomic E-state index is 5.64. The Morgan fingerprint density at radius 1 is 1.16 bits per heavy atom. The molecule has 0 radical (unpaired) electrons. The number of rotatable bonds is 3. The van der Waals surface area contributed by atoms with Crippen LogP contribution in [0.25, 0.3) is 10.8 Å². The number of hydrogen-bond acceptors (Lipinski definition) is 3. The Hall–Kier alpha value is -2.30. The van der Waals surface area contributed by atoms with Gasteiger partial charge in [0, 0.05) is 18.4 Å². The number of aromatic nitrogens is 1. The lowest BCUT2D eigenvalue weighted by Crippen LogP contribution is -2.68. The maximum Gasteiger partial charge on any atom is 0.260 e. The van der Waals surface area contributed by atoms with Gasteiger partial charge in [-0.05, 0) is 24.4 Å². The first-order valence-electron chi connectivity index (χ1n) is 5.94. The van der Waals surface area contributed by atoms with E-state index < -0.39 is 0 Å². The van der Waals surface area contributed by atoms with Gasteiger partial charge in [-0.25, -0.2) is 4.99 Å². The van der Waals surface area contributed by atoms with Crippen LogP contribution in [0.15, 0.2) is 18.2 Å². The molecule has 0 saturated carbocycles. The highest BCUT2D eigenvalue weighted by atomic mass is 16.5. The Balaban J connectivity index is 2.70. The van der Waals surface area contributed by atoms with E-state index in [2.05, 4.69) is 9.98 Å². The molecule has 0 unspecified atom stereocenters. The van der Waals surface area contributed by atoms with Gasteiger partial charge in [-0.15, -0.1) is 4.98 Å². The van der Waals surface area contributed by atoms with Crippen molar-refractivity contribution >= 4 is 22.4 Å². The van der Waals surface area contributed by atoms with E-state index in [-0.39, 0.29) is 0 Å². The first-order valence-corrected chi connectivity index (χ1v) is 5.94. The van der Waals surface area contributed by atoms with Gasteiger partial charge >= 0.3 is 0 Å². The van der Waals surface area contributed by atoms with Crippen LogP contribution in [0.2, 0.25) is 0 Å². The van der Waals surface area contributed by atoms with Crippen LogP contribution in [0.5, 0.6) is 11.5 Å². The second-order valence-corrected chi connectivity index (χ2v) is 4.33. The number of ether oxygens (including phenoxy) is 2. The SMILES string of the molecule is COc1cc2cc([NH+]=C(C)N)nc(C)c2cc1OC. The van der Waals surface area contributed by atoms with Gasteiger partial charge in [0.1, 0.15) is 5.69 Å². The van der Waals surface area contributed by atoms with Crippen molar-refractivity contribution in [3.8, 4) is 11.5 Å². The lowest BCUT2D eigenvalue weighted by molar-refractivity contribution is -0.360. The minimum absolute atomic E-state index is 0.603. The predicted molar refractivity (Wildman–Crippen MR) is 75.1 cm³/mol. The lowest BCUT2D eigenvalue weighted by atomic mass is 10.1. The van der Waals surface area contributed by atoms with Crippen LogP contribution in [-0.2, 0) is 0 Å². The second-order valence-electron chi connectivity index (χ2n) is 4.33. The molecule has 2 rings (SSSR count). The number of methoxy groups -OCH3 is 2. The van der Waals surface area contributed by atoms with Crippen LogP contribution < -0.4 is 20.2 Å². The molecule has 0 aliphatic heterocycles. The number of hydrogen-bond donors (Lipinski definition) is 2. The summed E-state index contributed by atoms with van der Waals surface area (Å²) in [5.74, 6) is 2.71. The molecular formula is C14H18N3O2+. The summed E-state index contributed by atoms with van der Waals surface area (Å²) in [4.78, 5) is 7.48. The third kappa shape index (κ3) is 2.59. The van der Waals surface area contributed by atoms with Crippen LogP contribution in [-0.4, -0.2) is 25.0 Å². The molecular weight excluding hydrogens is 242 g/mol. The fourth-order valence-corrected chi connectivity index (χ4v) is 2.01. The molecule has 0 aliphatic rings. The standard InChI is InChI=1S/C14H17N3O2/c1-8-11-7-13(19-4)12(18-3)5-10(11)6-14(16-8)17-9(2)15/h5-7H,1-4H3,(H2,15,16,17)/p+1. The van der Waals surface area contributed by atoms with Crippen molar-refractivity contribution in [2.45, 2.75) is 13.8 Å². The van der Waals surface area contributed by atoms with Crippen LogP contribution in [0.1, 0.15) is 12.6 Å². The number of benzene rings is 1. The Morgan fingerprint density at radius 3 is 2.37 bits per heavy atom. The summed E-state index contributed by atoms with van der Waals surface area (Å²) in [5.41, 5.74) is 6.55. The largest absolute Gasteiger partial charge is 0.493 e. The molecule has 1 aromatic heterocycles. The van der Waals surface area contributed by atoms with Gasteiger partial charge in [-0.3, -0.25) is 0 Å². The average molecular weight is 260 g/mol. The summed E-state index contributed by atoms with van der Waals surface area (Å²) in [6.45, 7) is 3.74. The van der Waals surface area contributed by atoms with E-state index in [4.69, 9.17) is 15.2 Å². The first-order chi connectivity index (χ1) is 9.05. The van der Waals surface area contributed by atoms with Gasteiger partial charge in [0.25, 0.3) is 5.82 Å². The van der Waals surface area contributed by atoms with Crippen molar-refractivity contribution < 1.29 is 14.5 Å². The monoisotopic (exact) mass is 260 g/mol. The number of nitrogens with two attached hydrogens (primary N) is 1. The minimum Gasteiger partial charge on any atom is -0.493 e. The summed E-state index contributed by atoms with van der Waals surface area (Å²) in [7, 11) is 3.24. The van der Waals surface area contributed by atoms with Crippen molar-refractivity contribution in [2.75, 3.05) is 14.2 Å². The van der Waals surface area contributed by atoms with Crippen LogP contribution in [0.3, 0.4) is 0 Å². The zero-order chi connectivity index (χ0) is 14.0. The van der Waals surface area contributed by atoms with Gasteiger partial charge in [0.15, 0.2) is 17.3 Å². The van der Waals surface area contributed by atoms with E-state index in [1.165, 1.54) is 0 Å². The lowest BCUT2D eigenvalue weighted by Gasteiger charge is -2.09. The van der Waals surface area contributed by atoms with Crippen molar-refractivity contribution in [3.05, 3.63) is 23.9 Å². The van der Waals surface area contributed by atoms with E-state index in [0.29, 0.717) is 17.3 Å². The van der Waals surface area contributed by atoms with Crippen molar-refractivity contribution in [1.29, 1.82) is 0 Å². The number of nitrogens with one attached hydrogen (secondary N) is 1. The molecule has 5 nitrogen and oxygen atoms in total. The molecule has 0 bridgehead atoms. The predicted octanol–water partition coefficient (Wildman–Crippen LogP) is 0.650. The van der Waals surface area contributed by atoms with Gasteiger partial charge in [-0.2, -0.15) is 0 Å². The minimum atomic E-state index is 0.603. The van der Waals surface area contributed by atoms with E-state index in [0.717, 1.165) is 22.3 Å². The third-order valence-electron chi connectivity index (χ3n) is 2.85. The molecule has 1 aromatic carbocycles. The number of aryl methyl sites for hydroxylation is 1. The van der Waals surface area contributed by atoms with Crippen LogP contribution in [0.4, 0.5) is 5.82 Å². The smallest absolute Gasteiger partial charge is 0.260 e. The molecule has 100 valence electrons. The van der Waals surface area contributed by atoms with Gasteiger partial charge in [-0.1, -0.05) is 0 Å². The Kier molecular flexibility index (Phi) is 3.55. The normalized spacial score (nSPS) is 11.7. The molecule has 0 fully saturated rings. The fraction of sp³-hybridized carbons (Fsp3) is 0.286. The topological polar surface area (TPSA) is 71.3 Å². The molecule has 3 N–H and O–H groups in total. The molecule has 5 heteroatoms. The summed E-state index contributed by atoms with van der Waals surface area (Å²) in [5, 5.41) is 2.05. The molecule has 0 amide bonds. The average Bonchev–Trinajstić information content (AvgIpc) is 2.36. The van der Waals surface area contributed by atoms with E-state index in [1.807, 2.05) is 25.1 Å². The van der Waals surface area contributed by atoms with Crippen molar-refractivity contribution in [3.63, 3.8) is 0 Å². The molecule has 2 aromatic rings. The zero-order valence-electron chi connectivity index (χ0n) is 11.6. The molecule has 0 spiro atoms. The number of pyridine rings is 1. The highest BCUT2D eigenvalue weighted by Crippen LogP contribution is 2.33. The van der Waals surface area contributed by atoms with Gasteiger partial charge < -0.3 is 15.2 Å². The fourth-order valence-electron chi connectivity index (χ4n) is 2.01. The summed E-state index contributed by atoms with van der Waals surface area (Å²) in [6.07, 6.45) is 0. The third-order valence-corrected chi connectivity index (χ3v) is 2.85. The summed E-state index contributed by atoms with van der Waals surface area (Å²) >= 11 is 0. The molecule has 0 saturated heterocycles. The van der Waals surface area contributed by atoms with Gasteiger partial charge in [0.05, 0.1) is 14.2 Å². The Bertz CT molecular complexity index is 647. The molecule has 0 atom stereocenters. The van der Waals surface area contributed by atoms with E-state index in [1.54, 1.807) is 21.1 Å². The molecule has 1 heterocycles. The highest BCUT2D eigenvalue weighted by molar-refractivity contribution is 5.89. The number of nitrogens with zero attached hydrogens (tertiary/aromatic N) is 1. The summed E-state index contributed by atoms with van der Waals surface area (Å²) in [6, 6.07) is 5.79. The Labute approximate surface area is 112 Å². The molecule has 0 aliphatic carbocycles. The van der Waals surface area contributed by atoms with Gasteiger partial charge in [0.2, 0.25) is 0 Å². The number of fused-ring (bicyclic) bond motifs is 1. The maximum atomic E-state index is 5.64.